The van der Waals surface area contributed by atoms with Crippen LogP contribution in [0.3, 0.4) is 0 Å². The van der Waals surface area contributed by atoms with Gasteiger partial charge in [0.05, 0.1) is 40.3 Å². The molecule has 3 N–H and O–H groups in total. The van der Waals surface area contributed by atoms with Gasteiger partial charge in [0, 0.05) is 42.6 Å². The summed E-state index contributed by atoms with van der Waals surface area (Å²) in [4.78, 5) is 36.5. The first-order chi connectivity index (χ1) is 22.4. The molecule has 0 atom stereocenters. The molecule has 0 saturated carbocycles. The van der Waals surface area contributed by atoms with Gasteiger partial charge in [-0.2, -0.15) is 5.10 Å². The Morgan fingerprint density at radius 3 is 2.67 bits per heavy atom. The Hall–Kier alpha value is -5.23. The Labute approximate surface area is 264 Å². The minimum absolute atomic E-state index is 0.0623. The number of imidazole rings is 1. The number of hydrogen-bond donors (Lipinski definition) is 3. The zero-order valence-corrected chi connectivity index (χ0v) is 25.7. The Morgan fingerprint density at radius 2 is 1.83 bits per heavy atom. The van der Waals surface area contributed by atoms with Gasteiger partial charge in [-0.05, 0) is 67.7 Å². The smallest absolute Gasteiger partial charge is 0.224 e. The zero-order valence-electron chi connectivity index (χ0n) is 25.7. The molecule has 6 heterocycles. The first kappa shape index (κ1) is 29.5. The molecule has 1 amide bonds. The largest absolute Gasteiger partial charge is 0.492 e. The van der Waals surface area contributed by atoms with E-state index in [1.165, 1.54) is 25.0 Å². The normalized spacial score (nSPS) is 13.7. The fourth-order valence-electron chi connectivity index (χ4n) is 5.81. The minimum atomic E-state index is -0.394. The number of nitrogens with one attached hydrogen (secondary N) is 3. The molecule has 0 aliphatic carbocycles. The van der Waals surface area contributed by atoms with Crippen LogP contribution in [0.25, 0.3) is 56.0 Å². The monoisotopic (exact) mass is 619 g/mol. The lowest BCUT2D eigenvalue weighted by Crippen LogP contribution is -2.25. The number of anilines is 1. The number of likely N-dealkylation sites (tertiary alicyclic amines) is 1. The topological polar surface area (TPSA) is 138 Å². The number of nitrogens with zero attached hydrogens (tertiary/aromatic N) is 6. The molecule has 5 aromatic heterocycles. The number of halogens is 1. The summed E-state index contributed by atoms with van der Waals surface area (Å²) in [6.07, 6.45) is 9.52. The average molecular weight is 620 g/mol. The molecule has 1 aromatic carbocycles. The van der Waals surface area contributed by atoms with Gasteiger partial charge in [0.15, 0.2) is 11.5 Å². The highest BCUT2D eigenvalue weighted by molar-refractivity contribution is 5.96. The second-order valence-electron chi connectivity index (χ2n) is 12.0. The number of aromatic nitrogens is 7. The standard InChI is InChI=1S/C34H34FN9O2/c1-20(2)11-30(45)38-24-13-22(16-36-17-24)27-5-6-28-32(39-27)33(43-42-28)34-40-29-19-37-18-26(31(29)41-34)21-12-23(35)15-25(14-21)46-10-9-44-7-3-4-8-44/h5-6,12-20H,3-4,7-11H2,1-2H3,(H,38,45)(H,40,41)(H,42,43). The average Bonchev–Trinajstić information content (AvgIpc) is 3.80. The van der Waals surface area contributed by atoms with E-state index in [2.05, 4.69) is 35.4 Å². The molecule has 0 unspecified atom stereocenters. The lowest BCUT2D eigenvalue weighted by Gasteiger charge is -2.15. The molecule has 0 radical (unpaired) electrons. The number of benzene rings is 1. The van der Waals surface area contributed by atoms with Crippen LogP contribution in [0.15, 0.2) is 61.2 Å². The number of amides is 1. The highest BCUT2D eigenvalue weighted by atomic mass is 19.1. The number of pyridine rings is 3. The number of ether oxygens (including phenoxy) is 1. The Morgan fingerprint density at radius 1 is 0.978 bits per heavy atom. The molecule has 1 aliphatic heterocycles. The van der Waals surface area contributed by atoms with Crippen LogP contribution in [0.4, 0.5) is 10.1 Å². The van der Waals surface area contributed by atoms with Crippen LogP contribution < -0.4 is 10.1 Å². The van der Waals surface area contributed by atoms with E-state index in [9.17, 15) is 9.18 Å². The van der Waals surface area contributed by atoms with Crippen LogP contribution in [-0.4, -0.2) is 72.2 Å². The molecule has 1 fully saturated rings. The molecule has 0 spiro atoms. The highest BCUT2D eigenvalue weighted by Gasteiger charge is 2.19. The van der Waals surface area contributed by atoms with Gasteiger partial charge in [-0.3, -0.25) is 24.8 Å². The molecule has 11 nitrogen and oxygen atoms in total. The van der Waals surface area contributed by atoms with E-state index in [-0.39, 0.29) is 11.8 Å². The number of carbonyl (C=O) groups excluding carboxylic acids is 1. The Balaban J connectivity index is 1.18. The van der Waals surface area contributed by atoms with Gasteiger partial charge in [-0.25, -0.2) is 14.4 Å². The molecule has 7 rings (SSSR count). The van der Waals surface area contributed by atoms with Crippen molar-refractivity contribution in [1.82, 2.24) is 40.0 Å². The molecule has 234 valence electrons. The molecule has 0 bridgehead atoms. The van der Waals surface area contributed by atoms with Gasteiger partial charge in [0.2, 0.25) is 5.91 Å². The van der Waals surface area contributed by atoms with E-state index in [4.69, 9.17) is 14.7 Å². The van der Waals surface area contributed by atoms with E-state index >= 15 is 0 Å². The number of rotatable bonds is 10. The van der Waals surface area contributed by atoms with E-state index in [1.807, 2.05) is 38.1 Å². The number of H-pyrrole nitrogens is 2. The lowest BCUT2D eigenvalue weighted by atomic mass is 10.1. The lowest BCUT2D eigenvalue weighted by molar-refractivity contribution is -0.116. The Bertz CT molecular complexity index is 2030. The molecule has 1 aliphatic rings. The molecule has 1 saturated heterocycles. The van der Waals surface area contributed by atoms with Gasteiger partial charge in [-0.1, -0.05) is 13.8 Å². The fraction of sp³-hybridized carbons (Fsp3) is 0.294. The van der Waals surface area contributed by atoms with Crippen LogP contribution >= 0.6 is 0 Å². The van der Waals surface area contributed by atoms with Gasteiger partial charge >= 0.3 is 0 Å². The van der Waals surface area contributed by atoms with Gasteiger partial charge in [0.1, 0.15) is 23.7 Å². The predicted octanol–water partition coefficient (Wildman–Crippen LogP) is 6.22. The predicted molar refractivity (Wildman–Crippen MR) is 175 cm³/mol. The van der Waals surface area contributed by atoms with Crippen molar-refractivity contribution in [3.63, 3.8) is 0 Å². The molecular weight excluding hydrogens is 585 g/mol. The second kappa shape index (κ2) is 12.6. The summed E-state index contributed by atoms with van der Waals surface area (Å²) in [6.45, 7) is 7.47. The molecule has 12 heteroatoms. The number of hydrogen-bond acceptors (Lipinski definition) is 8. The van der Waals surface area contributed by atoms with Crippen molar-refractivity contribution in [2.45, 2.75) is 33.1 Å². The van der Waals surface area contributed by atoms with Crippen molar-refractivity contribution in [2.75, 3.05) is 31.6 Å². The summed E-state index contributed by atoms with van der Waals surface area (Å²) in [5, 5.41) is 10.5. The maximum Gasteiger partial charge on any atom is 0.224 e. The van der Waals surface area contributed by atoms with Crippen LogP contribution in [0.2, 0.25) is 0 Å². The summed E-state index contributed by atoms with van der Waals surface area (Å²) in [6, 6.07) is 10.3. The van der Waals surface area contributed by atoms with Crippen LogP contribution in [0.5, 0.6) is 5.75 Å². The van der Waals surface area contributed by atoms with Gasteiger partial charge in [0.25, 0.3) is 0 Å². The van der Waals surface area contributed by atoms with E-state index in [1.54, 1.807) is 24.8 Å². The third-order valence-electron chi connectivity index (χ3n) is 7.99. The molecule has 46 heavy (non-hydrogen) atoms. The third-order valence-corrected chi connectivity index (χ3v) is 7.99. The number of fused-ring (bicyclic) bond motifs is 2. The van der Waals surface area contributed by atoms with Crippen LogP contribution in [-0.2, 0) is 4.79 Å². The summed E-state index contributed by atoms with van der Waals surface area (Å²) in [5.74, 6) is 0.753. The molecular formula is C34H34FN9O2. The van der Waals surface area contributed by atoms with Crippen molar-refractivity contribution >= 4 is 33.7 Å². The van der Waals surface area contributed by atoms with E-state index in [0.29, 0.717) is 69.4 Å². The first-order valence-electron chi connectivity index (χ1n) is 15.5. The van der Waals surface area contributed by atoms with Crippen molar-refractivity contribution in [2.24, 2.45) is 5.92 Å². The zero-order chi connectivity index (χ0) is 31.6. The van der Waals surface area contributed by atoms with Crippen molar-refractivity contribution in [3.05, 3.63) is 67.0 Å². The first-order valence-corrected chi connectivity index (χ1v) is 15.5. The van der Waals surface area contributed by atoms with Crippen molar-refractivity contribution in [3.8, 4) is 39.7 Å². The van der Waals surface area contributed by atoms with E-state index < -0.39 is 5.82 Å². The quantitative estimate of drug-likeness (QED) is 0.164. The SMILES string of the molecule is CC(C)CC(=O)Nc1cncc(-c2ccc3[nH]nc(-c4nc5c(-c6cc(F)cc(OCCN7CCCC7)c6)cncc5[nH]4)c3n2)c1. The fourth-order valence-corrected chi connectivity index (χ4v) is 5.81. The summed E-state index contributed by atoms with van der Waals surface area (Å²) >= 11 is 0. The van der Waals surface area contributed by atoms with E-state index in [0.717, 1.165) is 30.7 Å². The minimum Gasteiger partial charge on any atom is -0.492 e. The highest BCUT2D eigenvalue weighted by Crippen LogP contribution is 2.33. The third kappa shape index (κ3) is 6.29. The second-order valence-corrected chi connectivity index (χ2v) is 12.0. The number of aromatic amines is 2. The summed E-state index contributed by atoms with van der Waals surface area (Å²) in [5.41, 5.74) is 6.47. The van der Waals surface area contributed by atoms with Crippen molar-refractivity contribution in [1.29, 1.82) is 0 Å². The molecule has 6 aromatic rings. The van der Waals surface area contributed by atoms with Crippen LogP contribution in [0.1, 0.15) is 33.1 Å². The Kier molecular flexibility index (Phi) is 8.10. The van der Waals surface area contributed by atoms with Gasteiger partial charge < -0.3 is 15.0 Å². The maximum absolute atomic E-state index is 14.8. The maximum atomic E-state index is 14.8. The number of carbonyl (C=O) groups is 1. The van der Waals surface area contributed by atoms with Crippen LogP contribution in [0, 0.1) is 11.7 Å². The summed E-state index contributed by atoms with van der Waals surface area (Å²) < 4.78 is 20.7. The van der Waals surface area contributed by atoms with Gasteiger partial charge in [-0.15, -0.1) is 0 Å². The van der Waals surface area contributed by atoms with Crippen molar-refractivity contribution < 1.29 is 13.9 Å². The summed E-state index contributed by atoms with van der Waals surface area (Å²) in [7, 11) is 0.